The zero-order valence-corrected chi connectivity index (χ0v) is 10.4. The van der Waals surface area contributed by atoms with Gasteiger partial charge in [-0.1, -0.05) is 0 Å². The number of likely N-dealkylation sites (tertiary alicyclic amines) is 2. The minimum absolute atomic E-state index is 0.118. The van der Waals surface area contributed by atoms with Crippen molar-refractivity contribution in [1.82, 2.24) is 9.80 Å². The lowest BCUT2D eigenvalue weighted by Crippen LogP contribution is -2.60. The highest BCUT2D eigenvalue weighted by atomic mass is 16.3. The molecular weight excluding hydrogens is 236 g/mol. The molecule has 0 aromatic heterocycles. The zero-order chi connectivity index (χ0) is 13.3. The highest BCUT2D eigenvalue weighted by Gasteiger charge is 2.36. The van der Waals surface area contributed by atoms with Gasteiger partial charge >= 0.3 is 6.03 Å². The number of aliphatic hydroxyl groups is 2. The maximum Gasteiger partial charge on any atom is 0.324 e. The van der Waals surface area contributed by atoms with Crippen LogP contribution in [-0.2, 0) is 0 Å². The number of nitrogens with two attached hydrogens (primary N) is 2. The Morgan fingerprint density at radius 2 is 1.28 bits per heavy atom. The van der Waals surface area contributed by atoms with E-state index >= 15 is 0 Å². The Morgan fingerprint density at radius 3 is 1.67 bits per heavy atom. The Morgan fingerprint density at radius 1 is 0.889 bits per heavy atom. The van der Waals surface area contributed by atoms with Crippen LogP contribution in [0.3, 0.4) is 0 Å². The molecule has 0 aromatic rings. The monoisotopic (exact) mass is 258 g/mol. The van der Waals surface area contributed by atoms with Gasteiger partial charge in [0.1, 0.15) is 12.5 Å². The summed E-state index contributed by atoms with van der Waals surface area (Å²) in [6, 6.07) is -0.610. The zero-order valence-electron chi connectivity index (χ0n) is 10.4. The summed E-state index contributed by atoms with van der Waals surface area (Å²) in [5.41, 5.74) is 11.6. The quantitative estimate of drug-likeness (QED) is 0.426. The standard InChI is InChI=1S/C11H22N4O3/c12-7-1-3-9(16)14(5-7)11(18)15-6-8(13)2-4-10(15)17/h7-10,16-17H,1-6,12-13H2. The summed E-state index contributed by atoms with van der Waals surface area (Å²) in [4.78, 5) is 14.9. The fraction of sp³-hybridized carbons (Fsp3) is 0.909. The van der Waals surface area contributed by atoms with Gasteiger partial charge in [0.05, 0.1) is 0 Å². The number of aliphatic hydroxyl groups excluding tert-OH is 2. The highest BCUT2D eigenvalue weighted by molar-refractivity contribution is 5.75. The predicted octanol–water partition coefficient (Wildman–Crippen LogP) is -1.41. The molecule has 0 aromatic carbocycles. The Hall–Kier alpha value is -0.890. The smallest absolute Gasteiger partial charge is 0.324 e. The van der Waals surface area contributed by atoms with Crippen molar-refractivity contribution in [2.24, 2.45) is 11.5 Å². The van der Waals surface area contributed by atoms with E-state index in [0.717, 1.165) is 0 Å². The van der Waals surface area contributed by atoms with Crippen LogP contribution in [0.4, 0.5) is 4.79 Å². The van der Waals surface area contributed by atoms with Crippen LogP contribution in [0.2, 0.25) is 0 Å². The van der Waals surface area contributed by atoms with Crippen LogP contribution in [0, 0.1) is 0 Å². The van der Waals surface area contributed by atoms with Gasteiger partial charge in [-0.05, 0) is 25.7 Å². The van der Waals surface area contributed by atoms with E-state index in [1.54, 1.807) is 0 Å². The average Bonchev–Trinajstić information content (AvgIpc) is 2.34. The normalized spacial score (nSPS) is 37.8. The van der Waals surface area contributed by atoms with Gasteiger partial charge in [-0.15, -0.1) is 0 Å². The SMILES string of the molecule is NC1CCC(O)N(C(=O)N2CC(N)CCC2O)C1. The first-order valence-corrected chi connectivity index (χ1v) is 6.43. The lowest BCUT2D eigenvalue weighted by molar-refractivity contribution is -0.0494. The number of carbonyl (C=O) groups excluding carboxylic acids is 1. The third-order valence-electron chi connectivity index (χ3n) is 3.66. The molecule has 2 rings (SSSR count). The largest absolute Gasteiger partial charge is 0.373 e. The van der Waals surface area contributed by atoms with Crippen molar-refractivity contribution in [2.45, 2.75) is 50.2 Å². The van der Waals surface area contributed by atoms with Gasteiger partial charge in [-0.3, -0.25) is 9.80 Å². The van der Waals surface area contributed by atoms with Crippen LogP contribution in [0.5, 0.6) is 0 Å². The van der Waals surface area contributed by atoms with Crippen molar-refractivity contribution >= 4 is 6.03 Å². The first kappa shape index (κ1) is 13.5. The number of amides is 2. The van der Waals surface area contributed by atoms with E-state index in [2.05, 4.69) is 0 Å². The number of rotatable bonds is 0. The van der Waals surface area contributed by atoms with Crippen LogP contribution >= 0.6 is 0 Å². The van der Waals surface area contributed by atoms with E-state index in [-0.39, 0.29) is 18.1 Å². The summed E-state index contributed by atoms with van der Waals surface area (Å²) >= 11 is 0. The third-order valence-corrected chi connectivity index (χ3v) is 3.66. The Balaban J connectivity index is 2.04. The minimum Gasteiger partial charge on any atom is -0.373 e. The molecule has 0 saturated carbocycles. The van der Waals surface area contributed by atoms with Gasteiger partial charge in [-0.25, -0.2) is 4.79 Å². The van der Waals surface area contributed by atoms with Gasteiger partial charge in [0, 0.05) is 25.2 Å². The van der Waals surface area contributed by atoms with Crippen molar-refractivity contribution in [3.8, 4) is 0 Å². The Labute approximate surface area is 106 Å². The topological polar surface area (TPSA) is 116 Å². The molecule has 2 saturated heterocycles. The molecule has 6 N–H and O–H groups in total. The molecule has 18 heavy (non-hydrogen) atoms. The lowest BCUT2D eigenvalue weighted by Gasteiger charge is -2.42. The Bertz CT molecular complexity index is 287. The van der Waals surface area contributed by atoms with Crippen LogP contribution in [-0.4, -0.2) is 63.7 Å². The molecule has 0 radical (unpaired) electrons. The van der Waals surface area contributed by atoms with Gasteiger partial charge < -0.3 is 21.7 Å². The number of piperidine rings is 2. The summed E-state index contributed by atoms with van der Waals surface area (Å²) < 4.78 is 0. The number of hydrogen-bond acceptors (Lipinski definition) is 5. The summed E-state index contributed by atoms with van der Waals surface area (Å²) in [6.07, 6.45) is 0.719. The third kappa shape index (κ3) is 2.74. The molecule has 0 bridgehead atoms. The second-order valence-electron chi connectivity index (χ2n) is 5.22. The molecule has 7 heteroatoms. The molecule has 0 spiro atoms. The fourth-order valence-electron chi connectivity index (χ4n) is 2.55. The van der Waals surface area contributed by atoms with Crippen LogP contribution in [0.1, 0.15) is 25.7 Å². The van der Waals surface area contributed by atoms with Gasteiger partial charge in [0.2, 0.25) is 0 Å². The molecule has 4 atom stereocenters. The molecule has 104 valence electrons. The number of hydrogen-bond donors (Lipinski definition) is 4. The summed E-state index contributed by atoms with van der Waals surface area (Å²) in [6.45, 7) is 0.636. The highest BCUT2D eigenvalue weighted by Crippen LogP contribution is 2.21. The average molecular weight is 258 g/mol. The molecule has 2 amide bonds. The first-order valence-electron chi connectivity index (χ1n) is 6.43. The lowest BCUT2D eigenvalue weighted by atomic mass is 10.0. The van der Waals surface area contributed by atoms with E-state index in [9.17, 15) is 15.0 Å². The molecule has 2 fully saturated rings. The van der Waals surface area contributed by atoms with Crippen molar-refractivity contribution < 1.29 is 15.0 Å². The maximum absolute atomic E-state index is 12.3. The van der Waals surface area contributed by atoms with Crippen LogP contribution in [0.15, 0.2) is 0 Å². The predicted molar refractivity (Wildman–Crippen MR) is 65.2 cm³/mol. The maximum atomic E-state index is 12.3. The van der Waals surface area contributed by atoms with Crippen molar-refractivity contribution in [3.05, 3.63) is 0 Å². The molecule has 7 nitrogen and oxygen atoms in total. The van der Waals surface area contributed by atoms with Crippen molar-refractivity contribution in [1.29, 1.82) is 0 Å². The van der Waals surface area contributed by atoms with Gasteiger partial charge in [0.25, 0.3) is 0 Å². The van der Waals surface area contributed by atoms with E-state index < -0.39 is 12.5 Å². The number of carbonyl (C=O) groups is 1. The second kappa shape index (κ2) is 5.40. The van der Waals surface area contributed by atoms with Crippen LogP contribution < -0.4 is 11.5 Å². The van der Waals surface area contributed by atoms with Gasteiger partial charge in [0.15, 0.2) is 0 Å². The molecule has 2 heterocycles. The number of nitrogens with zero attached hydrogens (tertiary/aromatic N) is 2. The summed E-state index contributed by atoms with van der Waals surface area (Å²) in [5, 5.41) is 19.7. The molecule has 2 aliphatic rings. The minimum atomic E-state index is -0.817. The fourth-order valence-corrected chi connectivity index (χ4v) is 2.55. The molecule has 0 aliphatic carbocycles. The molecule has 4 unspecified atom stereocenters. The van der Waals surface area contributed by atoms with E-state index in [4.69, 9.17) is 11.5 Å². The summed E-state index contributed by atoms with van der Waals surface area (Å²) in [5.74, 6) is 0. The van der Waals surface area contributed by atoms with Crippen molar-refractivity contribution in [3.63, 3.8) is 0 Å². The Kier molecular flexibility index (Phi) is 4.06. The summed E-state index contributed by atoms with van der Waals surface area (Å²) in [7, 11) is 0. The van der Waals surface area contributed by atoms with E-state index in [0.29, 0.717) is 38.8 Å². The van der Waals surface area contributed by atoms with E-state index in [1.165, 1.54) is 9.80 Å². The van der Waals surface area contributed by atoms with Gasteiger partial charge in [-0.2, -0.15) is 0 Å². The molecule has 2 aliphatic heterocycles. The second-order valence-corrected chi connectivity index (χ2v) is 5.22. The first-order chi connectivity index (χ1) is 8.49. The molecular formula is C11H22N4O3. The van der Waals surface area contributed by atoms with Crippen LogP contribution in [0.25, 0.3) is 0 Å². The number of urea groups is 1. The van der Waals surface area contributed by atoms with E-state index in [1.807, 2.05) is 0 Å². The van der Waals surface area contributed by atoms with Crippen molar-refractivity contribution in [2.75, 3.05) is 13.1 Å².